The largest absolute Gasteiger partial charge is 0.351 e. The van der Waals surface area contributed by atoms with E-state index in [4.69, 9.17) is 0 Å². The molecule has 2 aromatic heterocycles. The third-order valence-corrected chi connectivity index (χ3v) is 5.67. The van der Waals surface area contributed by atoms with Gasteiger partial charge >= 0.3 is 0 Å². The molecule has 0 radical (unpaired) electrons. The third-order valence-electron chi connectivity index (χ3n) is 4.54. The van der Waals surface area contributed by atoms with E-state index in [1.54, 1.807) is 0 Å². The van der Waals surface area contributed by atoms with Crippen LogP contribution in [0.1, 0.15) is 34.3 Å². The molecule has 1 fully saturated rings. The fraction of sp³-hybridized carbons (Fsp3) is 0.500. The van der Waals surface area contributed by atoms with Gasteiger partial charge in [-0.05, 0) is 31.9 Å². The third kappa shape index (κ3) is 2.50. The molecule has 0 saturated heterocycles. The van der Waals surface area contributed by atoms with E-state index >= 15 is 0 Å². The first-order chi connectivity index (χ1) is 10.2. The van der Waals surface area contributed by atoms with Crippen LogP contribution in [0.25, 0.3) is 0 Å². The van der Waals surface area contributed by atoms with Crippen LogP contribution in [0.2, 0.25) is 0 Å². The van der Waals surface area contributed by atoms with Crippen molar-refractivity contribution in [2.75, 3.05) is 0 Å². The lowest BCUT2D eigenvalue weighted by molar-refractivity contribution is -0.123. The smallest absolute Gasteiger partial charge is 0.224 e. The topological polar surface area (TPSA) is 46.9 Å². The first kappa shape index (κ1) is 13.1. The number of aryl methyl sites for hydroxylation is 2. The molecule has 1 aliphatic heterocycles. The van der Waals surface area contributed by atoms with E-state index in [0.717, 1.165) is 31.6 Å². The van der Waals surface area contributed by atoms with E-state index < -0.39 is 0 Å². The Hall–Kier alpha value is -1.62. The van der Waals surface area contributed by atoms with Gasteiger partial charge in [0, 0.05) is 53.0 Å². The lowest BCUT2D eigenvalue weighted by atomic mass is 10.1. The van der Waals surface area contributed by atoms with Crippen molar-refractivity contribution in [2.45, 2.75) is 44.7 Å². The second-order valence-corrected chi connectivity index (χ2v) is 7.46. The number of thiophene rings is 1. The zero-order valence-electron chi connectivity index (χ0n) is 12.1. The van der Waals surface area contributed by atoms with Crippen LogP contribution in [0.3, 0.4) is 0 Å². The van der Waals surface area contributed by atoms with E-state index in [1.807, 2.05) is 23.7 Å². The summed E-state index contributed by atoms with van der Waals surface area (Å²) in [6.45, 7) is 2.98. The van der Waals surface area contributed by atoms with Crippen molar-refractivity contribution in [3.8, 4) is 0 Å². The van der Waals surface area contributed by atoms with Gasteiger partial charge in [-0.3, -0.25) is 4.79 Å². The average Bonchev–Trinajstić information content (AvgIpc) is 2.93. The van der Waals surface area contributed by atoms with Gasteiger partial charge in [0.25, 0.3) is 0 Å². The van der Waals surface area contributed by atoms with Gasteiger partial charge in [0.15, 0.2) is 0 Å². The summed E-state index contributed by atoms with van der Waals surface area (Å²) in [4.78, 5) is 19.4. The number of carbonyl (C=O) groups excluding carboxylic acids is 1. The number of amides is 1. The number of hydrogen-bond donors (Lipinski definition) is 1. The van der Waals surface area contributed by atoms with Crippen molar-refractivity contribution in [2.24, 2.45) is 5.92 Å². The van der Waals surface area contributed by atoms with Gasteiger partial charge in [0.2, 0.25) is 5.91 Å². The SMILES string of the molecule is Cc1ccc(C2CC2C(=O)NC2CCc3nccn3C2)s1. The van der Waals surface area contributed by atoms with Gasteiger partial charge in [0.05, 0.1) is 0 Å². The number of carbonyl (C=O) groups is 1. The number of hydrogen-bond acceptors (Lipinski definition) is 3. The molecule has 1 saturated carbocycles. The van der Waals surface area contributed by atoms with E-state index in [2.05, 4.69) is 33.9 Å². The Morgan fingerprint density at radius 3 is 3.19 bits per heavy atom. The van der Waals surface area contributed by atoms with Gasteiger partial charge in [0.1, 0.15) is 5.82 Å². The predicted molar refractivity (Wildman–Crippen MR) is 82.4 cm³/mol. The normalized spacial score (nSPS) is 27.2. The molecule has 21 heavy (non-hydrogen) atoms. The highest BCUT2D eigenvalue weighted by Gasteiger charge is 2.45. The van der Waals surface area contributed by atoms with Crippen molar-refractivity contribution in [3.63, 3.8) is 0 Å². The van der Waals surface area contributed by atoms with E-state index in [9.17, 15) is 4.79 Å². The number of rotatable bonds is 3. The fourth-order valence-corrected chi connectivity index (χ4v) is 4.30. The Morgan fingerprint density at radius 2 is 2.38 bits per heavy atom. The average molecular weight is 301 g/mol. The highest BCUT2D eigenvalue weighted by atomic mass is 32.1. The summed E-state index contributed by atoms with van der Waals surface area (Å²) in [5, 5.41) is 3.24. The van der Waals surface area contributed by atoms with Crippen LogP contribution in [0.15, 0.2) is 24.5 Å². The van der Waals surface area contributed by atoms with Gasteiger partial charge in [-0.25, -0.2) is 4.98 Å². The Kier molecular flexibility index (Phi) is 3.10. The molecule has 0 bridgehead atoms. The van der Waals surface area contributed by atoms with Gasteiger partial charge in [-0.1, -0.05) is 0 Å². The first-order valence-electron chi connectivity index (χ1n) is 7.57. The minimum absolute atomic E-state index is 0.187. The van der Waals surface area contributed by atoms with Crippen molar-refractivity contribution < 1.29 is 4.79 Å². The number of nitrogens with one attached hydrogen (secondary N) is 1. The Balaban J connectivity index is 1.35. The first-order valence-corrected chi connectivity index (χ1v) is 8.39. The second kappa shape index (κ2) is 4.98. The molecule has 3 unspecified atom stereocenters. The number of fused-ring (bicyclic) bond motifs is 1. The van der Waals surface area contributed by atoms with Crippen LogP contribution in [0.5, 0.6) is 0 Å². The Bertz CT molecular complexity index is 675. The van der Waals surface area contributed by atoms with Crippen molar-refractivity contribution in [1.29, 1.82) is 0 Å². The van der Waals surface area contributed by atoms with Gasteiger partial charge in [-0.15, -0.1) is 11.3 Å². The maximum Gasteiger partial charge on any atom is 0.224 e. The summed E-state index contributed by atoms with van der Waals surface area (Å²) in [5.74, 6) is 2.02. The van der Waals surface area contributed by atoms with Crippen molar-refractivity contribution >= 4 is 17.2 Å². The predicted octanol–water partition coefficient (Wildman–Crippen LogP) is 2.49. The summed E-state index contributed by atoms with van der Waals surface area (Å²) < 4.78 is 2.15. The fourth-order valence-electron chi connectivity index (χ4n) is 3.24. The summed E-state index contributed by atoms with van der Waals surface area (Å²) in [6.07, 6.45) is 6.81. The van der Waals surface area contributed by atoms with Gasteiger partial charge < -0.3 is 9.88 Å². The molecule has 110 valence electrons. The summed E-state index contributed by atoms with van der Waals surface area (Å²) in [7, 11) is 0. The Morgan fingerprint density at radius 1 is 1.48 bits per heavy atom. The van der Waals surface area contributed by atoms with Crippen LogP contribution in [0.4, 0.5) is 0 Å². The summed E-state index contributed by atoms with van der Waals surface area (Å²) in [6, 6.07) is 4.58. The summed E-state index contributed by atoms with van der Waals surface area (Å²) in [5.41, 5.74) is 0. The number of imidazole rings is 1. The minimum Gasteiger partial charge on any atom is -0.351 e. The minimum atomic E-state index is 0.187. The molecule has 4 rings (SSSR count). The molecule has 1 N–H and O–H groups in total. The van der Waals surface area contributed by atoms with E-state index in [1.165, 1.54) is 9.75 Å². The molecule has 5 heteroatoms. The number of nitrogens with zero attached hydrogens (tertiary/aromatic N) is 2. The molecule has 0 spiro atoms. The highest BCUT2D eigenvalue weighted by Crippen LogP contribution is 2.49. The molecule has 3 heterocycles. The lowest BCUT2D eigenvalue weighted by Gasteiger charge is -2.24. The lowest BCUT2D eigenvalue weighted by Crippen LogP contribution is -2.41. The van der Waals surface area contributed by atoms with Crippen LogP contribution in [-0.2, 0) is 17.8 Å². The number of aromatic nitrogens is 2. The molecule has 2 aromatic rings. The maximum atomic E-state index is 12.4. The molecular formula is C16H19N3OS. The maximum absolute atomic E-state index is 12.4. The molecule has 1 aliphatic carbocycles. The van der Waals surface area contributed by atoms with E-state index in [0.29, 0.717) is 5.92 Å². The molecule has 4 nitrogen and oxygen atoms in total. The molecule has 3 atom stereocenters. The molecule has 0 aromatic carbocycles. The van der Waals surface area contributed by atoms with Crippen LogP contribution in [-0.4, -0.2) is 21.5 Å². The zero-order valence-corrected chi connectivity index (χ0v) is 12.9. The van der Waals surface area contributed by atoms with Crippen molar-refractivity contribution in [1.82, 2.24) is 14.9 Å². The highest BCUT2D eigenvalue weighted by molar-refractivity contribution is 7.12. The van der Waals surface area contributed by atoms with Crippen molar-refractivity contribution in [3.05, 3.63) is 40.1 Å². The van der Waals surface area contributed by atoms with Gasteiger partial charge in [-0.2, -0.15) is 0 Å². The molecule has 1 amide bonds. The second-order valence-electron chi connectivity index (χ2n) is 6.14. The summed E-state index contributed by atoms with van der Waals surface area (Å²) >= 11 is 1.83. The van der Waals surface area contributed by atoms with E-state index in [-0.39, 0.29) is 17.9 Å². The standard InChI is InChI=1S/C16H19N3OS/c1-10-2-4-14(21-10)12-8-13(12)16(20)18-11-3-5-15-17-6-7-19(15)9-11/h2,4,6-7,11-13H,3,5,8-9H2,1H3,(H,18,20). The molecular weight excluding hydrogens is 282 g/mol. The van der Waals surface area contributed by atoms with Crippen LogP contribution in [0, 0.1) is 12.8 Å². The zero-order chi connectivity index (χ0) is 14.4. The molecule has 2 aliphatic rings. The van der Waals surface area contributed by atoms with Crippen LogP contribution < -0.4 is 5.32 Å². The van der Waals surface area contributed by atoms with Crippen LogP contribution >= 0.6 is 11.3 Å². The Labute approximate surface area is 128 Å². The monoisotopic (exact) mass is 301 g/mol. The quantitative estimate of drug-likeness (QED) is 0.947.